The number of hydrogen-bond donors (Lipinski definition) is 0. The van der Waals surface area contributed by atoms with Crippen LogP contribution in [0.15, 0.2) is 0 Å². The molecule has 4 nitrogen and oxygen atoms in total. The van der Waals surface area contributed by atoms with E-state index in [-0.39, 0.29) is 0 Å². The summed E-state index contributed by atoms with van der Waals surface area (Å²) in [5, 5.41) is 14.1. The van der Waals surface area contributed by atoms with Crippen molar-refractivity contribution in [2.75, 3.05) is 13.1 Å². The van der Waals surface area contributed by atoms with Crippen LogP contribution in [0.1, 0.15) is 38.6 Å². The minimum atomic E-state index is 0.431. The summed E-state index contributed by atoms with van der Waals surface area (Å²) in [5.41, 5.74) is 1.97. The largest absolute Gasteiger partial charge is 0.285 e. The number of nitrogens with zero attached hydrogens (tertiary/aromatic N) is 4. The van der Waals surface area contributed by atoms with Crippen LogP contribution in [-0.4, -0.2) is 27.8 Å². The molecule has 0 saturated heterocycles. The second-order valence-corrected chi connectivity index (χ2v) is 4.62. The van der Waals surface area contributed by atoms with Crippen molar-refractivity contribution in [1.29, 1.82) is 5.26 Å². The number of rotatable bonds is 7. The van der Waals surface area contributed by atoms with Gasteiger partial charge in [0.25, 0.3) is 0 Å². The van der Waals surface area contributed by atoms with E-state index in [4.69, 9.17) is 16.9 Å². The van der Waals surface area contributed by atoms with E-state index in [0.717, 1.165) is 42.3 Å². The highest BCUT2D eigenvalue weighted by molar-refractivity contribution is 6.31. The van der Waals surface area contributed by atoms with Crippen LogP contribution in [0, 0.1) is 11.3 Å². The fourth-order valence-electron chi connectivity index (χ4n) is 2.01. The Morgan fingerprint density at radius 2 is 2.11 bits per heavy atom. The molecular formula is C13H21ClN4. The van der Waals surface area contributed by atoms with E-state index in [1.54, 1.807) is 0 Å². The summed E-state index contributed by atoms with van der Waals surface area (Å²) in [6.45, 7) is 9.06. The van der Waals surface area contributed by atoms with E-state index in [0.29, 0.717) is 13.1 Å². The lowest BCUT2D eigenvalue weighted by molar-refractivity contribution is 0.288. The summed E-state index contributed by atoms with van der Waals surface area (Å²) in [7, 11) is 0. The molecule has 0 N–H and O–H groups in total. The van der Waals surface area contributed by atoms with Crippen molar-refractivity contribution < 1.29 is 0 Å². The van der Waals surface area contributed by atoms with Crippen molar-refractivity contribution in [2.45, 2.75) is 46.7 Å². The number of aromatic nitrogens is 2. The summed E-state index contributed by atoms with van der Waals surface area (Å²) in [4.78, 5) is 2.11. The van der Waals surface area contributed by atoms with Gasteiger partial charge in [0.2, 0.25) is 0 Å². The third kappa shape index (κ3) is 3.47. The van der Waals surface area contributed by atoms with Crippen molar-refractivity contribution in [3.05, 3.63) is 16.4 Å². The van der Waals surface area contributed by atoms with E-state index in [1.807, 2.05) is 4.68 Å². The predicted molar refractivity (Wildman–Crippen MR) is 73.5 cm³/mol. The fourth-order valence-corrected chi connectivity index (χ4v) is 2.34. The Hall–Kier alpha value is -1.05. The summed E-state index contributed by atoms with van der Waals surface area (Å²) in [6, 6.07) is 2.20. The molecule has 0 radical (unpaired) electrons. The molecule has 1 rings (SSSR count). The van der Waals surface area contributed by atoms with Crippen LogP contribution in [0.4, 0.5) is 0 Å². The lowest BCUT2D eigenvalue weighted by atomic mass is 10.2. The molecule has 1 aromatic rings. The molecule has 0 bridgehead atoms. The van der Waals surface area contributed by atoms with Gasteiger partial charge in [-0.2, -0.15) is 10.4 Å². The average Bonchev–Trinajstić information content (AvgIpc) is 2.67. The maximum absolute atomic E-state index is 8.84. The van der Waals surface area contributed by atoms with Gasteiger partial charge in [-0.05, 0) is 26.3 Å². The van der Waals surface area contributed by atoms with Crippen molar-refractivity contribution in [3.63, 3.8) is 0 Å². The minimum absolute atomic E-state index is 0.431. The summed E-state index contributed by atoms with van der Waals surface area (Å²) in [6.07, 6.45) is 1.87. The van der Waals surface area contributed by atoms with E-state index >= 15 is 0 Å². The molecular weight excluding hydrogens is 248 g/mol. The monoisotopic (exact) mass is 268 g/mol. The van der Waals surface area contributed by atoms with Crippen molar-refractivity contribution in [3.8, 4) is 6.07 Å². The summed E-state index contributed by atoms with van der Waals surface area (Å²) >= 11 is 6.36. The molecule has 1 aromatic heterocycles. The normalized spacial score (nSPS) is 10.9. The Morgan fingerprint density at radius 1 is 1.39 bits per heavy atom. The van der Waals surface area contributed by atoms with Crippen molar-refractivity contribution in [2.24, 2.45) is 0 Å². The molecule has 0 spiro atoms. The quantitative estimate of drug-likeness (QED) is 0.715. The standard InChI is InChI=1S/C13H21ClN4/c1-4-8-17(9-7-15)10-12-13(14)11(5-2)16-18(12)6-3/h4-6,8-10H2,1-3H3. The Bertz CT molecular complexity index is 419. The van der Waals surface area contributed by atoms with Crippen molar-refractivity contribution in [1.82, 2.24) is 14.7 Å². The third-order valence-corrected chi connectivity index (χ3v) is 3.34. The fraction of sp³-hybridized carbons (Fsp3) is 0.692. The Morgan fingerprint density at radius 3 is 2.61 bits per heavy atom. The summed E-state index contributed by atoms with van der Waals surface area (Å²) in [5.74, 6) is 0. The van der Waals surface area contributed by atoms with Crippen LogP contribution in [0.5, 0.6) is 0 Å². The van der Waals surface area contributed by atoms with Gasteiger partial charge in [0.1, 0.15) is 0 Å². The van der Waals surface area contributed by atoms with Gasteiger partial charge in [0, 0.05) is 13.1 Å². The Labute approximate surface area is 114 Å². The Balaban J connectivity index is 2.93. The molecule has 1 heterocycles. The Kier molecular flexibility index (Phi) is 6.17. The number of hydrogen-bond acceptors (Lipinski definition) is 3. The lowest BCUT2D eigenvalue weighted by Gasteiger charge is -2.18. The van der Waals surface area contributed by atoms with Crippen LogP contribution in [0.3, 0.4) is 0 Å². The molecule has 0 atom stereocenters. The van der Waals surface area contributed by atoms with Gasteiger partial charge in [-0.1, -0.05) is 25.4 Å². The number of halogens is 1. The predicted octanol–water partition coefficient (Wildman–Crippen LogP) is 2.85. The van der Waals surface area contributed by atoms with E-state index in [9.17, 15) is 0 Å². The zero-order chi connectivity index (χ0) is 13.5. The van der Waals surface area contributed by atoms with Crippen LogP contribution in [0.2, 0.25) is 5.02 Å². The average molecular weight is 269 g/mol. The highest BCUT2D eigenvalue weighted by Gasteiger charge is 2.16. The first-order valence-corrected chi connectivity index (χ1v) is 6.88. The zero-order valence-electron chi connectivity index (χ0n) is 11.4. The van der Waals surface area contributed by atoms with Gasteiger partial charge < -0.3 is 0 Å². The first kappa shape index (κ1) is 15.0. The summed E-state index contributed by atoms with van der Waals surface area (Å²) < 4.78 is 1.95. The number of aryl methyl sites for hydroxylation is 2. The van der Waals surface area contributed by atoms with Gasteiger partial charge in [0.15, 0.2) is 0 Å². The molecule has 0 aliphatic heterocycles. The van der Waals surface area contributed by atoms with Gasteiger partial charge in [-0.15, -0.1) is 0 Å². The molecule has 0 amide bonds. The van der Waals surface area contributed by atoms with Crippen LogP contribution < -0.4 is 0 Å². The second kappa shape index (κ2) is 7.40. The maximum Gasteiger partial charge on any atom is 0.0869 e. The molecule has 0 saturated carbocycles. The van der Waals surface area contributed by atoms with E-state index in [1.165, 1.54) is 0 Å². The van der Waals surface area contributed by atoms with Crippen LogP contribution in [0.25, 0.3) is 0 Å². The molecule has 0 aliphatic carbocycles. The first-order chi connectivity index (χ1) is 8.67. The van der Waals surface area contributed by atoms with Crippen LogP contribution in [-0.2, 0) is 19.5 Å². The maximum atomic E-state index is 8.84. The molecule has 0 aromatic carbocycles. The molecule has 0 fully saturated rings. The highest BCUT2D eigenvalue weighted by atomic mass is 35.5. The third-order valence-electron chi connectivity index (χ3n) is 2.90. The van der Waals surface area contributed by atoms with E-state index < -0.39 is 0 Å². The topological polar surface area (TPSA) is 44.9 Å². The SMILES string of the molecule is CCCN(CC#N)Cc1c(Cl)c(CC)nn1CC. The van der Waals surface area contributed by atoms with Gasteiger partial charge >= 0.3 is 0 Å². The molecule has 100 valence electrons. The van der Waals surface area contributed by atoms with Crippen molar-refractivity contribution >= 4 is 11.6 Å². The van der Waals surface area contributed by atoms with Gasteiger partial charge in [-0.3, -0.25) is 9.58 Å². The molecule has 5 heteroatoms. The first-order valence-electron chi connectivity index (χ1n) is 6.51. The number of nitriles is 1. The molecule has 0 aliphatic rings. The smallest absolute Gasteiger partial charge is 0.0869 e. The highest BCUT2D eigenvalue weighted by Crippen LogP contribution is 2.23. The van der Waals surface area contributed by atoms with E-state index in [2.05, 4.69) is 36.8 Å². The molecule has 0 unspecified atom stereocenters. The second-order valence-electron chi connectivity index (χ2n) is 4.25. The lowest BCUT2D eigenvalue weighted by Crippen LogP contribution is -2.26. The van der Waals surface area contributed by atoms with Gasteiger partial charge in [0.05, 0.1) is 29.0 Å². The van der Waals surface area contributed by atoms with Gasteiger partial charge in [-0.25, -0.2) is 0 Å². The van der Waals surface area contributed by atoms with Crippen LogP contribution >= 0.6 is 11.6 Å². The minimum Gasteiger partial charge on any atom is -0.285 e. The zero-order valence-corrected chi connectivity index (χ0v) is 12.2. The molecule has 18 heavy (non-hydrogen) atoms.